The van der Waals surface area contributed by atoms with Gasteiger partial charge in [0.15, 0.2) is 0 Å². The molecule has 2 heteroatoms. The van der Waals surface area contributed by atoms with Gasteiger partial charge in [-0.15, -0.1) is 0 Å². The smallest absolute Gasteiger partial charge is 0.123 e. The zero-order valence-electron chi connectivity index (χ0n) is 10.2. The molecule has 0 unspecified atom stereocenters. The second-order valence-corrected chi connectivity index (χ2v) is 5.53. The van der Waals surface area contributed by atoms with Gasteiger partial charge in [-0.05, 0) is 68.2 Å². The van der Waals surface area contributed by atoms with Gasteiger partial charge in [-0.25, -0.2) is 4.39 Å². The third kappa shape index (κ3) is 3.06. The van der Waals surface area contributed by atoms with Crippen LogP contribution in [0.4, 0.5) is 4.39 Å². The van der Waals surface area contributed by atoms with Crippen molar-refractivity contribution in [2.24, 2.45) is 11.8 Å². The molecule has 2 fully saturated rings. The van der Waals surface area contributed by atoms with Crippen molar-refractivity contribution in [3.8, 4) is 0 Å². The molecule has 1 aromatic carbocycles. The lowest BCUT2D eigenvalue weighted by Gasteiger charge is -2.17. The molecule has 92 valence electrons. The molecule has 0 aliphatic heterocycles. The number of nitrogens with one attached hydrogen (secondary N) is 1. The van der Waals surface area contributed by atoms with Crippen LogP contribution in [0, 0.1) is 17.7 Å². The van der Waals surface area contributed by atoms with Gasteiger partial charge in [0.1, 0.15) is 5.82 Å². The molecule has 3 rings (SSSR count). The average molecular weight is 233 g/mol. The summed E-state index contributed by atoms with van der Waals surface area (Å²) in [6.07, 6.45) is 6.70. The van der Waals surface area contributed by atoms with Crippen molar-refractivity contribution in [2.75, 3.05) is 6.54 Å². The maximum Gasteiger partial charge on any atom is 0.123 e. The van der Waals surface area contributed by atoms with E-state index in [-0.39, 0.29) is 5.82 Å². The Morgan fingerprint density at radius 3 is 2.18 bits per heavy atom. The lowest BCUT2D eigenvalue weighted by atomic mass is 10.1. The number of halogens is 1. The van der Waals surface area contributed by atoms with E-state index in [0.717, 1.165) is 30.8 Å². The summed E-state index contributed by atoms with van der Waals surface area (Å²) < 4.78 is 12.7. The van der Waals surface area contributed by atoms with E-state index in [1.54, 1.807) is 12.1 Å². The predicted octanol–water partition coefficient (Wildman–Crippen LogP) is 3.15. The second kappa shape index (κ2) is 4.77. The van der Waals surface area contributed by atoms with Gasteiger partial charge in [-0.3, -0.25) is 0 Å². The van der Waals surface area contributed by atoms with Crippen molar-refractivity contribution >= 4 is 0 Å². The maximum atomic E-state index is 12.7. The van der Waals surface area contributed by atoms with Crippen LogP contribution in [-0.2, 0) is 6.42 Å². The third-order valence-corrected chi connectivity index (χ3v) is 3.97. The Morgan fingerprint density at radius 1 is 1.06 bits per heavy atom. The summed E-state index contributed by atoms with van der Waals surface area (Å²) in [5, 5.41) is 3.71. The van der Waals surface area contributed by atoms with Crippen molar-refractivity contribution < 1.29 is 4.39 Å². The summed E-state index contributed by atoms with van der Waals surface area (Å²) in [6.45, 7) is 1.03. The van der Waals surface area contributed by atoms with E-state index in [2.05, 4.69) is 5.32 Å². The molecule has 0 heterocycles. The minimum absolute atomic E-state index is 0.143. The van der Waals surface area contributed by atoms with E-state index in [9.17, 15) is 4.39 Å². The quantitative estimate of drug-likeness (QED) is 0.796. The zero-order chi connectivity index (χ0) is 11.7. The van der Waals surface area contributed by atoms with Gasteiger partial charge in [-0.1, -0.05) is 12.1 Å². The molecule has 0 radical (unpaired) electrons. The molecule has 2 aliphatic rings. The van der Waals surface area contributed by atoms with Crippen molar-refractivity contribution in [1.82, 2.24) is 5.32 Å². The van der Waals surface area contributed by atoms with Crippen LogP contribution in [0.3, 0.4) is 0 Å². The Morgan fingerprint density at radius 2 is 1.65 bits per heavy atom. The lowest BCUT2D eigenvalue weighted by Crippen LogP contribution is -2.34. The van der Waals surface area contributed by atoms with Gasteiger partial charge in [0, 0.05) is 6.04 Å². The first-order valence-corrected chi connectivity index (χ1v) is 6.81. The fourth-order valence-electron chi connectivity index (χ4n) is 2.66. The Balaban J connectivity index is 1.45. The molecule has 2 saturated carbocycles. The van der Waals surface area contributed by atoms with E-state index in [4.69, 9.17) is 0 Å². The molecule has 0 spiro atoms. The molecule has 0 atom stereocenters. The van der Waals surface area contributed by atoms with Crippen LogP contribution in [0.2, 0.25) is 0 Å². The van der Waals surface area contributed by atoms with Crippen LogP contribution in [-0.4, -0.2) is 12.6 Å². The molecule has 2 aliphatic carbocycles. The fraction of sp³-hybridized carbons (Fsp3) is 0.600. The van der Waals surface area contributed by atoms with E-state index in [1.807, 2.05) is 12.1 Å². The first-order chi connectivity index (χ1) is 8.33. The van der Waals surface area contributed by atoms with E-state index >= 15 is 0 Å². The van der Waals surface area contributed by atoms with Gasteiger partial charge >= 0.3 is 0 Å². The van der Waals surface area contributed by atoms with Gasteiger partial charge in [-0.2, -0.15) is 0 Å². The number of hydrogen-bond acceptors (Lipinski definition) is 1. The summed E-state index contributed by atoms with van der Waals surface area (Å²) >= 11 is 0. The third-order valence-electron chi connectivity index (χ3n) is 3.97. The summed E-state index contributed by atoms with van der Waals surface area (Å²) in [6, 6.07) is 7.65. The summed E-state index contributed by atoms with van der Waals surface area (Å²) in [7, 11) is 0. The Hall–Kier alpha value is -0.890. The molecular formula is C15H20FN. The van der Waals surface area contributed by atoms with Crippen LogP contribution in [0.5, 0.6) is 0 Å². The van der Waals surface area contributed by atoms with Crippen molar-refractivity contribution in [2.45, 2.75) is 38.1 Å². The highest BCUT2D eigenvalue weighted by Gasteiger charge is 2.40. The topological polar surface area (TPSA) is 12.0 Å². The molecular weight excluding hydrogens is 213 g/mol. The van der Waals surface area contributed by atoms with Crippen molar-refractivity contribution in [3.63, 3.8) is 0 Å². The van der Waals surface area contributed by atoms with Crippen LogP contribution in [0.1, 0.15) is 31.2 Å². The van der Waals surface area contributed by atoms with Gasteiger partial charge in [0.2, 0.25) is 0 Å². The molecule has 0 aromatic heterocycles. The van der Waals surface area contributed by atoms with Crippen LogP contribution in [0.15, 0.2) is 24.3 Å². The van der Waals surface area contributed by atoms with Crippen molar-refractivity contribution in [1.29, 1.82) is 0 Å². The highest BCUT2D eigenvalue weighted by atomic mass is 19.1. The standard InChI is InChI=1S/C15H20FN/c16-14-7-1-11(2-8-14)9-10-17-15(12-3-4-12)13-5-6-13/h1-2,7-8,12-13,15,17H,3-6,9-10H2. The Bertz CT molecular complexity index is 353. The Labute approximate surface area is 102 Å². The second-order valence-electron chi connectivity index (χ2n) is 5.53. The average Bonchev–Trinajstić information content (AvgIpc) is 3.19. The minimum atomic E-state index is -0.143. The number of benzene rings is 1. The zero-order valence-corrected chi connectivity index (χ0v) is 10.2. The molecule has 1 nitrogen and oxygen atoms in total. The van der Waals surface area contributed by atoms with Gasteiger partial charge in [0.25, 0.3) is 0 Å². The van der Waals surface area contributed by atoms with E-state index in [0.29, 0.717) is 0 Å². The molecule has 0 bridgehead atoms. The number of rotatable bonds is 6. The van der Waals surface area contributed by atoms with E-state index in [1.165, 1.54) is 31.2 Å². The first-order valence-electron chi connectivity index (χ1n) is 6.81. The molecule has 17 heavy (non-hydrogen) atoms. The van der Waals surface area contributed by atoms with Crippen LogP contribution >= 0.6 is 0 Å². The largest absolute Gasteiger partial charge is 0.313 e. The highest BCUT2D eigenvalue weighted by molar-refractivity contribution is 5.16. The summed E-state index contributed by atoms with van der Waals surface area (Å²) in [5.41, 5.74) is 1.23. The van der Waals surface area contributed by atoms with Gasteiger partial charge in [0.05, 0.1) is 0 Å². The van der Waals surface area contributed by atoms with Crippen molar-refractivity contribution in [3.05, 3.63) is 35.6 Å². The maximum absolute atomic E-state index is 12.7. The van der Waals surface area contributed by atoms with E-state index < -0.39 is 0 Å². The normalized spacial score (nSPS) is 19.9. The summed E-state index contributed by atoms with van der Waals surface area (Å²) in [5.74, 6) is 1.77. The molecule has 1 aromatic rings. The first kappa shape index (κ1) is 11.2. The lowest BCUT2D eigenvalue weighted by molar-refractivity contribution is 0.420. The predicted molar refractivity (Wildman–Crippen MR) is 67.3 cm³/mol. The molecule has 0 saturated heterocycles. The molecule has 1 N–H and O–H groups in total. The molecule has 0 amide bonds. The van der Waals surface area contributed by atoms with Crippen LogP contribution in [0.25, 0.3) is 0 Å². The highest BCUT2D eigenvalue weighted by Crippen LogP contribution is 2.44. The van der Waals surface area contributed by atoms with Crippen LogP contribution < -0.4 is 5.32 Å². The monoisotopic (exact) mass is 233 g/mol. The minimum Gasteiger partial charge on any atom is -0.313 e. The Kier molecular flexibility index (Phi) is 3.15. The fourth-order valence-corrected chi connectivity index (χ4v) is 2.66. The number of hydrogen-bond donors (Lipinski definition) is 1. The van der Waals surface area contributed by atoms with Gasteiger partial charge < -0.3 is 5.32 Å². The summed E-state index contributed by atoms with van der Waals surface area (Å²) in [4.78, 5) is 0. The SMILES string of the molecule is Fc1ccc(CCNC(C2CC2)C2CC2)cc1.